The van der Waals surface area contributed by atoms with E-state index in [1.165, 1.54) is 0 Å². The number of anilines is 1. The molecule has 0 radical (unpaired) electrons. The molecule has 0 bridgehead atoms. The van der Waals surface area contributed by atoms with Gasteiger partial charge in [0.2, 0.25) is 5.95 Å². The summed E-state index contributed by atoms with van der Waals surface area (Å²) in [6.45, 7) is 3.45. The van der Waals surface area contributed by atoms with Gasteiger partial charge in [0.25, 0.3) is 5.91 Å². The third-order valence-electron chi connectivity index (χ3n) is 5.97. The van der Waals surface area contributed by atoms with E-state index >= 15 is 0 Å². The molecule has 0 saturated carbocycles. The summed E-state index contributed by atoms with van der Waals surface area (Å²) in [5.74, 6) is 0.776. The first-order chi connectivity index (χ1) is 16.1. The molecule has 5 rings (SSSR count). The number of hydrogen-bond donors (Lipinski definition) is 3. The van der Waals surface area contributed by atoms with Gasteiger partial charge in [-0.05, 0) is 49.6 Å². The van der Waals surface area contributed by atoms with Crippen LogP contribution in [0.15, 0.2) is 54.4 Å². The molecule has 2 saturated heterocycles. The van der Waals surface area contributed by atoms with Crippen LogP contribution in [0.4, 0.5) is 10.7 Å². The summed E-state index contributed by atoms with van der Waals surface area (Å²) in [7, 11) is 0. The fourth-order valence-corrected chi connectivity index (χ4v) is 4.17. The number of piperidine rings is 1. The van der Waals surface area contributed by atoms with Crippen LogP contribution in [0.2, 0.25) is 0 Å². The van der Waals surface area contributed by atoms with E-state index in [9.17, 15) is 9.59 Å². The first-order valence-corrected chi connectivity index (χ1v) is 11.1. The van der Waals surface area contributed by atoms with E-state index in [2.05, 4.69) is 49.0 Å². The lowest BCUT2D eigenvalue weighted by Crippen LogP contribution is -2.38. The minimum absolute atomic E-state index is 0.190. The van der Waals surface area contributed by atoms with Crippen molar-refractivity contribution < 1.29 is 9.59 Å². The summed E-state index contributed by atoms with van der Waals surface area (Å²) in [4.78, 5) is 38.8. The van der Waals surface area contributed by atoms with Crippen molar-refractivity contribution in [2.45, 2.75) is 19.4 Å². The van der Waals surface area contributed by atoms with Crippen LogP contribution >= 0.6 is 0 Å². The largest absolute Gasteiger partial charge is 0.341 e. The summed E-state index contributed by atoms with van der Waals surface area (Å²) in [5, 5.41) is 9.37. The SMILES string of the molecule is O=C1NC(=O)C(=Cc2ccnc(N3CCC(CNCc4ccc5ccccc5n4)CC3)n2)N1. The number of amides is 3. The number of rotatable bonds is 6. The van der Waals surface area contributed by atoms with Crippen LogP contribution in [0.3, 0.4) is 0 Å². The third kappa shape index (κ3) is 4.98. The standard InChI is InChI=1S/C24H25N7O2/c32-22-21(29-24(33)30-22)13-18-7-10-26-23(28-18)31-11-8-16(9-12-31)14-25-15-19-6-5-17-3-1-2-4-20(17)27-19/h1-7,10,13,16,25H,8-9,11-12,14-15H2,(H2,29,30,32,33). The zero-order chi connectivity index (χ0) is 22.6. The Kier molecular flexibility index (Phi) is 5.95. The summed E-state index contributed by atoms with van der Waals surface area (Å²) in [6, 6.07) is 13.6. The van der Waals surface area contributed by atoms with Gasteiger partial charge >= 0.3 is 6.03 Å². The number of nitrogens with zero attached hydrogens (tertiary/aromatic N) is 4. The molecule has 3 aromatic rings. The molecule has 4 heterocycles. The van der Waals surface area contributed by atoms with Crippen LogP contribution in [0.1, 0.15) is 24.2 Å². The monoisotopic (exact) mass is 443 g/mol. The second-order valence-corrected chi connectivity index (χ2v) is 8.30. The number of aromatic nitrogens is 3. The first-order valence-electron chi connectivity index (χ1n) is 11.1. The number of nitrogens with one attached hydrogen (secondary N) is 3. The van der Waals surface area contributed by atoms with E-state index < -0.39 is 11.9 Å². The van der Waals surface area contributed by atoms with E-state index in [1.807, 2.05) is 18.2 Å². The molecule has 2 aliphatic rings. The van der Waals surface area contributed by atoms with Crippen molar-refractivity contribution in [3.8, 4) is 0 Å². The summed E-state index contributed by atoms with van der Waals surface area (Å²) < 4.78 is 0. The topological polar surface area (TPSA) is 112 Å². The molecule has 9 nitrogen and oxygen atoms in total. The average Bonchev–Trinajstić information content (AvgIpc) is 3.16. The highest BCUT2D eigenvalue weighted by Gasteiger charge is 2.24. The number of carbonyl (C=O) groups excluding carboxylic acids is 2. The lowest BCUT2D eigenvalue weighted by Gasteiger charge is -2.32. The fourth-order valence-electron chi connectivity index (χ4n) is 4.17. The lowest BCUT2D eigenvalue weighted by atomic mass is 9.97. The predicted octanol–water partition coefficient (Wildman–Crippen LogP) is 2.21. The number of pyridine rings is 1. The Morgan fingerprint density at radius 2 is 1.88 bits per heavy atom. The highest BCUT2D eigenvalue weighted by molar-refractivity contribution is 6.13. The molecular formula is C24H25N7O2. The van der Waals surface area contributed by atoms with Gasteiger partial charge in [-0.15, -0.1) is 0 Å². The van der Waals surface area contributed by atoms with Crippen molar-refractivity contribution in [1.29, 1.82) is 0 Å². The molecule has 0 unspecified atom stereocenters. The van der Waals surface area contributed by atoms with Crippen LogP contribution < -0.4 is 20.9 Å². The Bertz CT molecular complexity index is 1220. The van der Waals surface area contributed by atoms with Crippen molar-refractivity contribution in [2.24, 2.45) is 5.92 Å². The molecule has 0 aliphatic carbocycles. The fraction of sp³-hybridized carbons (Fsp3) is 0.292. The van der Waals surface area contributed by atoms with Crippen LogP contribution in [0.5, 0.6) is 0 Å². The highest BCUT2D eigenvalue weighted by atomic mass is 16.2. The number of urea groups is 1. The minimum atomic E-state index is -0.521. The molecule has 9 heteroatoms. The lowest BCUT2D eigenvalue weighted by molar-refractivity contribution is -0.115. The maximum Gasteiger partial charge on any atom is 0.326 e. The molecule has 3 amide bonds. The number of imide groups is 1. The molecule has 3 N–H and O–H groups in total. The number of carbonyl (C=O) groups is 2. The van der Waals surface area contributed by atoms with E-state index in [0.29, 0.717) is 17.6 Å². The number of para-hydroxylation sites is 1. The second-order valence-electron chi connectivity index (χ2n) is 8.30. The van der Waals surface area contributed by atoms with Crippen molar-refractivity contribution in [2.75, 3.05) is 24.5 Å². The van der Waals surface area contributed by atoms with Gasteiger partial charge in [-0.25, -0.2) is 14.8 Å². The van der Waals surface area contributed by atoms with E-state index in [4.69, 9.17) is 4.98 Å². The zero-order valence-electron chi connectivity index (χ0n) is 18.1. The number of hydrogen-bond acceptors (Lipinski definition) is 7. The van der Waals surface area contributed by atoms with E-state index in [-0.39, 0.29) is 5.70 Å². The highest BCUT2D eigenvalue weighted by Crippen LogP contribution is 2.21. The molecule has 2 aromatic heterocycles. The van der Waals surface area contributed by atoms with Crippen molar-refractivity contribution in [1.82, 2.24) is 30.9 Å². The molecule has 168 valence electrons. The Hall–Kier alpha value is -3.85. The van der Waals surface area contributed by atoms with Crippen LogP contribution in [0.25, 0.3) is 17.0 Å². The molecular weight excluding hydrogens is 418 g/mol. The minimum Gasteiger partial charge on any atom is -0.341 e. The van der Waals surface area contributed by atoms with Crippen LogP contribution in [-0.4, -0.2) is 46.5 Å². The Labute approximate surface area is 191 Å². The molecule has 33 heavy (non-hydrogen) atoms. The number of benzene rings is 1. The van der Waals surface area contributed by atoms with Gasteiger partial charge in [0, 0.05) is 31.2 Å². The maximum absolute atomic E-state index is 11.7. The maximum atomic E-state index is 11.7. The zero-order valence-corrected chi connectivity index (χ0v) is 18.1. The summed E-state index contributed by atoms with van der Waals surface area (Å²) in [6.07, 6.45) is 5.33. The quantitative estimate of drug-likeness (QED) is 0.396. The molecule has 2 fully saturated rings. The van der Waals surface area contributed by atoms with Crippen molar-refractivity contribution in [3.63, 3.8) is 0 Å². The van der Waals surface area contributed by atoms with E-state index in [1.54, 1.807) is 18.3 Å². The summed E-state index contributed by atoms with van der Waals surface area (Å²) >= 11 is 0. The molecule has 2 aliphatic heterocycles. The van der Waals surface area contributed by atoms with E-state index in [0.717, 1.165) is 55.6 Å². The summed E-state index contributed by atoms with van der Waals surface area (Å²) in [5.41, 5.74) is 2.85. The van der Waals surface area contributed by atoms with Crippen molar-refractivity contribution in [3.05, 3.63) is 65.7 Å². The van der Waals surface area contributed by atoms with Gasteiger partial charge in [0.1, 0.15) is 5.70 Å². The van der Waals surface area contributed by atoms with Crippen LogP contribution in [-0.2, 0) is 11.3 Å². The normalized spacial score (nSPS) is 18.1. The predicted molar refractivity (Wildman–Crippen MR) is 125 cm³/mol. The smallest absolute Gasteiger partial charge is 0.326 e. The third-order valence-corrected chi connectivity index (χ3v) is 5.97. The van der Waals surface area contributed by atoms with Gasteiger partial charge in [0.05, 0.1) is 16.9 Å². The first kappa shape index (κ1) is 21.0. The molecule has 1 aromatic carbocycles. The molecule has 0 spiro atoms. The Morgan fingerprint density at radius 3 is 2.70 bits per heavy atom. The number of fused-ring (bicyclic) bond motifs is 1. The second kappa shape index (κ2) is 9.33. The van der Waals surface area contributed by atoms with Gasteiger partial charge in [0.15, 0.2) is 0 Å². The Morgan fingerprint density at radius 1 is 1.03 bits per heavy atom. The van der Waals surface area contributed by atoms with Gasteiger partial charge in [-0.2, -0.15) is 0 Å². The molecule has 0 atom stereocenters. The van der Waals surface area contributed by atoms with Gasteiger partial charge in [-0.3, -0.25) is 15.1 Å². The van der Waals surface area contributed by atoms with Gasteiger partial charge in [-0.1, -0.05) is 24.3 Å². The van der Waals surface area contributed by atoms with Crippen molar-refractivity contribution >= 4 is 34.9 Å². The Balaban J connectivity index is 1.12. The van der Waals surface area contributed by atoms with Gasteiger partial charge < -0.3 is 15.5 Å². The average molecular weight is 444 g/mol. The van der Waals surface area contributed by atoms with Crippen LogP contribution in [0, 0.1) is 5.92 Å².